The monoisotopic (exact) mass is 219 g/mol. The first-order valence-corrected chi connectivity index (χ1v) is 5.16. The average Bonchev–Trinajstić information content (AvgIpc) is 2.29. The van der Waals surface area contributed by atoms with Crippen LogP contribution in [0.25, 0.3) is 0 Å². The third-order valence-corrected chi connectivity index (χ3v) is 2.70. The molecule has 1 aliphatic heterocycles. The third kappa shape index (κ3) is 2.05. The molecule has 1 N–H and O–H groups in total. The molecular weight excluding hydrogens is 206 g/mol. The highest BCUT2D eigenvalue weighted by Gasteiger charge is 2.25. The summed E-state index contributed by atoms with van der Waals surface area (Å²) >= 11 is 0. The minimum atomic E-state index is -0.301. The lowest BCUT2D eigenvalue weighted by Gasteiger charge is -2.24. The highest BCUT2D eigenvalue weighted by molar-refractivity contribution is 5.97. The molecule has 84 valence electrons. The molecule has 1 unspecified atom stereocenters. The summed E-state index contributed by atoms with van der Waals surface area (Å²) in [6, 6.07) is 7.28. The Morgan fingerprint density at radius 1 is 1.50 bits per heavy atom. The van der Waals surface area contributed by atoms with Gasteiger partial charge in [-0.2, -0.15) is 0 Å². The minimum Gasteiger partial charge on any atom is -0.469 e. The van der Waals surface area contributed by atoms with E-state index in [4.69, 9.17) is 0 Å². The number of nitrogens with one attached hydrogen (secondary N) is 1. The van der Waals surface area contributed by atoms with Crippen LogP contribution in [-0.2, 0) is 16.0 Å². The van der Waals surface area contributed by atoms with Crippen molar-refractivity contribution in [2.75, 3.05) is 7.11 Å². The van der Waals surface area contributed by atoms with E-state index in [2.05, 4.69) is 10.1 Å². The number of methoxy groups -OCH3 is 1. The van der Waals surface area contributed by atoms with Crippen molar-refractivity contribution in [1.82, 2.24) is 5.32 Å². The summed E-state index contributed by atoms with van der Waals surface area (Å²) in [5.41, 5.74) is 1.68. The van der Waals surface area contributed by atoms with Gasteiger partial charge in [-0.1, -0.05) is 18.2 Å². The fourth-order valence-electron chi connectivity index (χ4n) is 1.91. The number of ether oxygens (including phenoxy) is 1. The Morgan fingerprint density at radius 2 is 2.25 bits per heavy atom. The van der Waals surface area contributed by atoms with Gasteiger partial charge in [-0.15, -0.1) is 0 Å². The second kappa shape index (κ2) is 4.35. The summed E-state index contributed by atoms with van der Waals surface area (Å²) in [7, 11) is 1.35. The number of fused-ring (bicyclic) bond motifs is 1. The largest absolute Gasteiger partial charge is 0.469 e. The highest BCUT2D eigenvalue weighted by Crippen LogP contribution is 2.17. The normalized spacial score (nSPS) is 18.6. The maximum atomic E-state index is 11.7. The molecule has 0 spiro atoms. The van der Waals surface area contributed by atoms with Gasteiger partial charge in [0.25, 0.3) is 5.91 Å². The molecule has 2 rings (SSSR count). The quantitative estimate of drug-likeness (QED) is 0.752. The molecule has 1 aromatic carbocycles. The van der Waals surface area contributed by atoms with Gasteiger partial charge in [0.05, 0.1) is 13.5 Å². The molecule has 1 aromatic rings. The zero-order valence-corrected chi connectivity index (χ0v) is 9.03. The SMILES string of the molecule is COC(=O)CC1Cc2ccccc2C(=O)N1. The van der Waals surface area contributed by atoms with Crippen molar-refractivity contribution < 1.29 is 14.3 Å². The number of benzene rings is 1. The topological polar surface area (TPSA) is 55.4 Å². The average molecular weight is 219 g/mol. The van der Waals surface area contributed by atoms with E-state index in [1.807, 2.05) is 18.2 Å². The predicted octanol–water partition coefficient (Wildman–Crippen LogP) is 0.904. The summed E-state index contributed by atoms with van der Waals surface area (Å²) < 4.78 is 4.59. The molecule has 0 bridgehead atoms. The lowest BCUT2D eigenvalue weighted by atomic mass is 9.94. The molecular formula is C12H13NO3. The van der Waals surface area contributed by atoms with E-state index >= 15 is 0 Å². The Balaban J connectivity index is 2.15. The third-order valence-electron chi connectivity index (χ3n) is 2.70. The summed E-state index contributed by atoms with van der Waals surface area (Å²) in [6.07, 6.45) is 0.896. The Bertz CT molecular complexity index is 428. The van der Waals surface area contributed by atoms with Crippen LogP contribution in [0.3, 0.4) is 0 Å². The molecule has 1 heterocycles. The molecule has 0 aliphatic carbocycles. The Hall–Kier alpha value is -1.84. The van der Waals surface area contributed by atoms with E-state index in [0.29, 0.717) is 12.0 Å². The van der Waals surface area contributed by atoms with Crippen molar-refractivity contribution in [3.63, 3.8) is 0 Å². The van der Waals surface area contributed by atoms with Crippen molar-refractivity contribution in [3.8, 4) is 0 Å². The van der Waals surface area contributed by atoms with Crippen molar-refractivity contribution in [3.05, 3.63) is 35.4 Å². The number of carbonyl (C=O) groups excluding carboxylic acids is 2. The molecule has 4 heteroatoms. The Labute approximate surface area is 93.6 Å². The molecule has 0 fully saturated rings. The maximum Gasteiger partial charge on any atom is 0.307 e. The van der Waals surface area contributed by atoms with Crippen LogP contribution in [0.15, 0.2) is 24.3 Å². The summed E-state index contributed by atoms with van der Waals surface area (Å²) in [5.74, 6) is -0.416. The maximum absolute atomic E-state index is 11.7. The van der Waals surface area contributed by atoms with Gasteiger partial charge >= 0.3 is 5.97 Å². The molecule has 1 atom stereocenters. The van der Waals surface area contributed by atoms with Gasteiger partial charge in [-0.05, 0) is 18.1 Å². The molecule has 0 saturated carbocycles. The van der Waals surface area contributed by atoms with E-state index in [-0.39, 0.29) is 24.3 Å². The minimum absolute atomic E-state index is 0.115. The summed E-state index contributed by atoms with van der Waals surface area (Å²) in [4.78, 5) is 22.8. The lowest BCUT2D eigenvalue weighted by molar-refractivity contribution is -0.141. The van der Waals surface area contributed by atoms with Crippen LogP contribution >= 0.6 is 0 Å². The van der Waals surface area contributed by atoms with Gasteiger partial charge in [0.15, 0.2) is 0 Å². The number of carbonyl (C=O) groups is 2. The van der Waals surface area contributed by atoms with Crippen molar-refractivity contribution in [2.45, 2.75) is 18.9 Å². The van der Waals surface area contributed by atoms with E-state index < -0.39 is 0 Å². The van der Waals surface area contributed by atoms with Crippen molar-refractivity contribution >= 4 is 11.9 Å². The molecule has 4 nitrogen and oxygen atoms in total. The molecule has 1 aliphatic rings. The van der Waals surface area contributed by atoms with Gasteiger partial charge in [-0.25, -0.2) is 0 Å². The van der Waals surface area contributed by atoms with Gasteiger partial charge in [0, 0.05) is 11.6 Å². The first-order chi connectivity index (χ1) is 7.70. The second-order valence-corrected chi connectivity index (χ2v) is 3.81. The van der Waals surface area contributed by atoms with Crippen molar-refractivity contribution in [1.29, 1.82) is 0 Å². The van der Waals surface area contributed by atoms with Crippen LogP contribution in [0.2, 0.25) is 0 Å². The molecule has 0 saturated heterocycles. The van der Waals surface area contributed by atoms with E-state index in [9.17, 15) is 9.59 Å². The predicted molar refractivity (Wildman–Crippen MR) is 58.0 cm³/mol. The number of esters is 1. The van der Waals surface area contributed by atoms with Gasteiger partial charge in [0.1, 0.15) is 0 Å². The fourth-order valence-corrected chi connectivity index (χ4v) is 1.91. The summed E-state index contributed by atoms with van der Waals surface area (Å²) in [5, 5.41) is 2.80. The van der Waals surface area contributed by atoms with Crippen LogP contribution in [0.1, 0.15) is 22.3 Å². The molecule has 1 amide bonds. The molecule has 16 heavy (non-hydrogen) atoms. The number of hydrogen-bond donors (Lipinski definition) is 1. The standard InChI is InChI=1S/C12H13NO3/c1-16-11(14)7-9-6-8-4-2-3-5-10(8)12(15)13-9/h2-5,9H,6-7H2,1H3,(H,13,15). The molecule has 0 aromatic heterocycles. The smallest absolute Gasteiger partial charge is 0.307 e. The fraction of sp³-hybridized carbons (Fsp3) is 0.333. The zero-order valence-electron chi connectivity index (χ0n) is 9.03. The van der Waals surface area contributed by atoms with Gasteiger partial charge in [-0.3, -0.25) is 9.59 Å². The molecule has 0 radical (unpaired) electrons. The van der Waals surface area contributed by atoms with Crippen LogP contribution in [0.4, 0.5) is 0 Å². The zero-order chi connectivity index (χ0) is 11.5. The Kier molecular flexibility index (Phi) is 2.90. The van der Waals surface area contributed by atoms with E-state index in [1.165, 1.54) is 7.11 Å². The van der Waals surface area contributed by atoms with Crippen molar-refractivity contribution in [2.24, 2.45) is 0 Å². The van der Waals surface area contributed by atoms with E-state index in [0.717, 1.165) is 5.56 Å². The number of rotatable bonds is 2. The van der Waals surface area contributed by atoms with Gasteiger partial charge in [0.2, 0.25) is 0 Å². The van der Waals surface area contributed by atoms with Crippen LogP contribution < -0.4 is 5.32 Å². The first kappa shape index (κ1) is 10.7. The van der Waals surface area contributed by atoms with E-state index in [1.54, 1.807) is 6.07 Å². The van der Waals surface area contributed by atoms with Crippen LogP contribution in [0.5, 0.6) is 0 Å². The lowest BCUT2D eigenvalue weighted by Crippen LogP contribution is -2.42. The van der Waals surface area contributed by atoms with Gasteiger partial charge < -0.3 is 10.1 Å². The summed E-state index contributed by atoms with van der Waals surface area (Å²) in [6.45, 7) is 0. The first-order valence-electron chi connectivity index (χ1n) is 5.16. The van der Waals surface area contributed by atoms with Crippen LogP contribution in [-0.4, -0.2) is 25.0 Å². The Morgan fingerprint density at radius 3 is 3.00 bits per heavy atom. The van der Waals surface area contributed by atoms with Crippen LogP contribution in [0, 0.1) is 0 Å². The second-order valence-electron chi connectivity index (χ2n) is 3.81. The number of hydrogen-bond acceptors (Lipinski definition) is 3. The highest BCUT2D eigenvalue weighted by atomic mass is 16.5. The number of amides is 1.